The lowest BCUT2D eigenvalue weighted by Gasteiger charge is -2.22. The normalized spacial score (nSPS) is 18.2. The summed E-state index contributed by atoms with van der Waals surface area (Å²) in [5.74, 6) is 0.149. The highest BCUT2D eigenvalue weighted by Gasteiger charge is 2.41. The van der Waals surface area contributed by atoms with Crippen LogP contribution in [-0.2, 0) is 21.4 Å². The Kier molecular flexibility index (Phi) is 6.82. The van der Waals surface area contributed by atoms with Crippen LogP contribution in [0.3, 0.4) is 0 Å². The Morgan fingerprint density at radius 2 is 1.85 bits per heavy atom. The predicted molar refractivity (Wildman–Crippen MR) is 146 cm³/mol. The Morgan fingerprint density at radius 3 is 2.64 bits per heavy atom. The highest BCUT2D eigenvalue weighted by Crippen LogP contribution is 2.31. The molecule has 2 fully saturated rings. The summed E-state index contributed by atoms with van der Waals surface area (Å²) < 4.78 is 46.9. The van der Waals surface area contributed by atoms with Crippen LogP contribution < -0.4 is 10.2 Å². The third-order valence-electron chi connectivity index (χ3n) is 7.43. The molecule has 2 aliphatic heterocycles. The maximum absolute atomic E-state index is 13.6. The Labute approximate surface area is 226 Å². The lowest BCUT2D eigenvalue weighted by atomic mass is 10.0. The van der Waals surface area contributed by atoms with E-state index in [0.29, 0.717) is 18.2 Å². The van der Waals surface area contributed by atoms with Crippen LogP contribution in [0.25, 0.3) is 22.1 Å². The van der Waals surface area contributed by atoms with E-state index < -0.39 is 21.9 Å². The van der Waals surface area contributed by atoms with Crippen LogP contribution >= 0.6 is 0 Å². The first-order chi connectivity index (χ1) is 18.9. The molecule has 0 radical (unpaired) electrons. The van der Waals surface area contributed by atoms with E-state index in [-0.39, 0.29) is 29.7 Å². The van der Waals surface area contributed by atoms with Gasteiger partial charge in [0.05, 0.1) is 0 Å². The van der Waals surface area contributed by atoms with Crippen molar-refractivity contribution < 1.29 is 22.0 Å². The van der Waals surface area contributed by atoms with E-state index in [1.165, 1.54) is 41.4 Å². The molecule has 4 heterocycles. The van der Waals surface area contributed by atoms with Gasteiger partial charge in [-0.15, -0.1) is 0 Å². The van der Waals surface area contributed by atoms with Crippen molar-refractivity contribution in [1.29, 1.82) is 0 Å². The van der Waals surface area contributed by atoms with Gasteiger partial charge in [0.2, 0.25) is 11.0 Å². The van der Waals surface area contributed by atoms with E-state index in [9.17, 15) is 17.6 Å². The molecule has 2 aromatic carbocycles. The summed E-state index contributed by atoms with van der Waals surface area (Å²) in [5, 5.41) is 2.97. The highest BCUT2D eigenvalue weighted by molar-refractivity contribution is 7.89. The fourth-order valence-corrected chi connectivity index (χ4v) is 6.99. The summed E-state index contributed by atoms with van der Waals surface area (Å²) in [6.07, 6.45) is 5.24. The second-order valence-corrected chi connectivity index (χ2v) is 11.9. The largest absolute Gasteiger partial charge is 0.443 e. The van der Waals surface area contributed by atoms with Gasteiger partial charge in [-0.1, -0.05) is 18.2 Å². The highest BCUT2D eigenvalue weighted by atomic mass is 32.2. The van der Waals surface area contributed by atoms with Crippen LogP contribution in [0, 0.1) is 5.82 Å². The maximum atomic E-state index is 13.6. The van der Waals surface area contributed by atoms with E-state index in [1.54, 1.807) is 0 Å². The van der Waals surface area contributed by atoms with E-state index >= 15 is 0 Å². The van der Waals surface area contributed by atoms with Crippen molar-refractivity contribution in [2.75, 3.05) is 24.5 Å². The molecular formula is C29H29FN4O4S. The fraction of sp³-hybridized carbons (Fsp3) is 0.310. The molecule has 2 aromatic heterocycles. The smallest absolute Gasteiger partial charge is 0.277 e. The van der Waals surface area contributed by atoms with Crippen LogP contribution in [0.1, 0.15) is 31.2 Å². The van der Waals surface area contributed by atoms with Crippen molar-refractivity contribution in [3.8, 4) is 11.1 Å². The van der Waals surface area contributed by atoms with Gasteiger partial charge < -0.3 is 14.6 Å². The number of hydrogen-bond acceptors (Lipinski definition) is 6. The number of benzene rings is 2. The topological polar surface area (TPSA) is 95.8 Å². The number of anilines is 1. The number of carbonyl (C=O) groups is 1. The minimum Gasteiger partial charge on any atom is -0.443 e. The molecule has 0 aliphatic carbocycles. The van der Waals surface area contributed by atoms with Crippen LogP contribution in [0.4, 0.5) is 10.2 Å². The number of halogens is 1. The van der Waals surface area contributed by atoms with E-state index in [2.05, 4.69) is 21.3 Å². The Hall–Kier alpha value is -3.76. The van der Waals surface area contributed by atoms with Gasteiger partial charge >= 0.3 is 0 Å². The molecule has 39 heavy (non-hydrogen) atoms. The number of nitrogens with one attached hydrogen (secondary N) is 1. The van der Waals surface area contributed by atoms with Crippen molar-refractivity contribution in [1.82, 2.24) is 14.6 Å². The van der Waals surface area contributed by atoms with E-state index in [4.69, 9.17) is 4.42 Å². The number of aromatic nitrogens is 1. The molecule has 8 nitrogen and oxygen atoms in total. The number of pyridine rings is 1. The third-order valence-corrected chi connectivity index (χ3v) is 9.19. The zero-order valence-corrected chi connectivity index (χ0v) is 22.2. The van der Waals surface area contributed by atoms with Gasteiger partial charge in [0.15, 0.2) is 0 Å². The summed E-state index contributed by atoms with van der Waals surface area (Å²) in [6, 6.07) is 16.3. The summed E-state index contributed by atoms with van der Waals surface area (Å²) in [4.78, 5) is 20.1. The van der Waals surface area contributed by atoms with Gasteiger partial charge in [0.25, 0.3) is 10.0 Å². The summed E-state index contributed by atoms with van der Waals surface area (Å²) >= 11 is 0. The van der Waals surface area contributed by atoms with E-state index in [0.717, 1.165) is 35.6 Å². The first kappa shape index (κ1) is 25.5. The molecule has 202 valence electrons. The zero-order chi connectivity index (χ0) is 27.0. The van der Waals surface area contributed by atoms with Crippen LogP contribution in [0.5, 0.6) is 0 Å². The Bertz CT molecular complexity index is 1610. The van der Waals surface area contributed by atoms with Crippen LogP contribution in [0.2, 0.25) is 0 Å². The van der Waals surface area contributed by atoms with Gasteiger partial charge in [-0.25, -0.2) is 17.8 Å². The average Bonchev–Trinajstić information content (AvgIpc) is 3.73. The monoisotopic (exact) mass is 548 g/mol. The third kappa shape index (κ3) is 5.14. The molecule has 2 aliphatic rings. The molecular weight excluding hydrogens is 519 g/mol. The molecule has 10 heteroatoms. The molecule has 0 bridgehead atoms. The molecule has 0 spiro atoms. The molecule has 0 saturated carbocycles. The standard InChI is InChI=1S/C29H29FN4O4S/c30-24-9-10-26-23(16-24)17-28(38-26)39(36,37)34-14-4-7-25(34)29(35)32-18-20-5-3-6-21(15-20)22-8-11-27(31-19-22)33-12-1-2-13-33/h3,5-6,8-11,15-17,19,25H,1-2,4,7,12-14,18H2,(H,32,35)/t25-/m0/s1. The summed E-state index contributed by atoms with van der Waals surface area (Å²) in [7, 11) is -4.07. The lowest BCUT2D eigenvalue weighted by molar-refractivity contribution is -0.124. The molecule has 1 N–H and O–H groups in total. The van der Waals surface area contributed by atoms with Crippen LogP contribution in [-0.4, -0.2) is 49.3 Å². The number of rotatable bonds is 7. The average molecular weight is 549 g/mol. The number of hydrogen-bond donors (Lipinski definition) is 1. The number of fused-ring (bicyclic) bond motifs is 1. The zero-order valence-electron chi connectivity index (χ0n) is 21.3. The van der Waals surface area contributed by atoms with Crippen molar-refractivity contribution >= 4 is 32.7 Å². The van der Waals surface area contributed by atoms with Crippen molar-refractivity contribution in [3.63, 3.8) is 0 Å². The van der Waals surface area contributed by atoms with Crippen LogP contribution in [0.15, 0.2) is 76.4 Å². The van der Waals surface area contributed by atoms with Gasteiger partial charge in [-0.3, -0.25) is 4.79 Å². The number of furan rings is 1. The summed E-state index contributed by atoms with van der Waals surface area (Å²) in [5.41, 5.74) is 3.16. The van der Waals surface area contributed by atoms with Crippen molar-refractivity contribution in [2.24, 2.45) is 0 Å². The second kappa shape index (κ2) is 10.4. The molecule has 1 amide bonds. The quantitative estimate of drug-likeness (QED) is 0.360. The van der Waals surface area contributed by atoms with Gasteiger partial charge in [0.1, 0.15) is 23.3 Å². The number of nitrogens with zero attached hydrogens (tertiary/aromatic N) is 3. The lowest BCUT2D eigenvalue weighted by Crippen LogP contribution is -2.45. The van der Waals surface area contributed by atoms with Gasteiger partial charge in [0, 0.05) is 49.4 Å². The molecule has 6 rings (SSSR count). The molecule has 1 atom stereocenters. The van der Waals surface area contributed by atoms with Crippen molar-refractivity contribution in [3.05, 3.63) is 78.2 Å². The first-order valence-electron chi connectivity index (χ1n) is 13.2. The minimum absolute atomic E-state index is 0.210. The van der Waals surface area contributed by atoms with Gasteiger partial charge in [-0.05, 0) is 73.2 Å². The summed E-state index contributed by atoms with van der Waals surface area (Å²) in [6.45, 7) is 2.56. The van der Waals surface area contributed by atoms with Crippen molar-refractivity contribution in [2.45, 2.75) is 43.4 Å². The van der Waals surface area contributed by atoms with Gasteiger partial charge in [-0.2, -0.15) is 4.31 Å². The molecule has 4 aromatic rings. The number of carbonyl (C=O) groups excluding carboxylic acids is 1. The Balaban J connectivity index is 1.13. The Morgan fingerprint density at radius 1 is 1.00 bits per heavy atom. The first-order valence-corrected chi connectivity index (χ1v) is 14.6. The SMILES string of the molecule is O=C(NCc1cccc(-c2ccc(N3CCCC3)nc2)c1)[C@@H]1CCCN1S(=O)(=O)c1cc2cc(F)ccc2o1. The fourth-order valence-electron chi connectivity index (χ4n) is 5.38. The second-order valence-electron chi connectivity index (χ2n) is 10.0. The predicted octanol–water partition coefficient (Wildman–Crippen LogP) is 4.70. The van der Waals surface area contributed by atoms with E-state index in [1.807, 2.05) is 36.5 Å². The maximum Gasteiger partial charge on any atom is 0.277 e. The molecule has 2 saturated heterocycles. The number of amides is 1. The number of sulfonamides is 1. The minimum atomic E-state index is -4.07. The molecule has 0 unspecified atom stereocenters.